The fourth-order valence-electron chi connectivity index (χ4n) is 7.06. The fourth-order valence-corrected chi connectivity index (χ4v) is 7.06. The van der Waals surface area contributed by atoms with Crippen LogP contribution in [0.1, 0.15) is 30.9 Å². The maximum absolute atomic E-state index is 12.1. The minimum absolute atomic E-state index is 0.00297. The molecule has 148 valence electrons. The van der Waals surface area contributed by atoms with Crippen molar-refractivity contribution >= 4 is 5.97 Å². The number of benzene rings is 1. The monoisotopic (exact) mass is 385 g/mol. The number of likely N-dealkylation sites (N-methyl/N-ethyl adjacent to an activating group) is 1. The Kier molecular flexibility index (Phi) is 2.84. The highest BCUT2D eigenvalue weighted by Crippen LogP contribution is 2.77. The molecule has 2 spiro atoms. The molecule has 1 aromatic carbocycles. The maximum Gasteiger partial charge on any atom is 0.339 e. The predicted octanol–water partition coefficient (Wildman–Crippen LogP) is 0.606. The van der Waals surface area contributed by atoms with Gasteiger partial charge in [-0.15, -0.1) is 0 Å². The Balaban J connectivity index is 1.58. The van der Waals surface area contributed by atoms with Crippen molar-refractivity contribution in [2.24, 2.45) is 0 Å². The number of rotatable bonds is 3. The minimum Gasteiger partial charge on any atom is -0.493 e. The molecule has 1 aromatic rings. The van der Waals surface area contributed by atoms with Crippen molar-refractivity contribution in [2.75, 3.05) is 20.7 Å². The summed E-state index contributed by atoms with van der Waals surface area (Å²) in [6, 6.07) is 4.04. The van der Waals surface area contributed by atoms with E-state index >= 15 is 0 Å². The van der Waals surface area contributed by atoms with Crippen molar-refractivity contribution in [3.05, 3.63) is 35.1 Å². The predicted molar refractivity (Wildman–Crippen MR) is 97.2 cm³/mol. The first-order valence-electron chi connectivity index (χ1n) is 9.71. The van der Waals surface area contributed by atoms with Crippen LogP contribution in [0, 0.1) is 0 Å². The lowest BCUT2D eigenvalue weighted by molar-refractivity contribution is -0.156. The standard InChI is InChI=1S/C21H23NO6/c1-10(23)17(24)27-13-6-7-21(25)18-19(9-22(18)2)8-20(21)14-11(19)4-5-12(26-3)15(14)28-16(13)20/h4-6,10,16,18,23,25H,7-9H2,1-3H3/t10-,16+,18+,19?,20?,21+/m0/s1. The van der Waals surface area contributed by atoms with Crippen LogP contribution in [0.4, 0.5) is 0 Å². The lowest BCUT2D eigenvalue weighted by Crippen LogP contribution is -2.74. The van der Waals surface area contributed by atoms with Gasteiger partial charge >= 0.3 is 5.97 Å². The first-order valence-corrected chi connectivity index (χ1v) is 9.71. The number of methoxy groups -OCH3 is 1. The van der Waals surface area contributed by atoms with Gasteiger partial charge in [0.25, 0.3) is 0 Å². The van der Waals surface area contributed by atoms with E-state index in [-0.39, 0.29) is 11.5 Å². The van der Waals surface area contributed by atoms with E-state index in [9.17, 15) is 15.0 Å². The Labute approximate surface area is 162 Å². The van der Waals surface area contributed by atoms with Gasteiger partial charge in [-0.05, 0) is 38.1 Å². The van der Waals surface area contributed by atoms with Crippen LogP contribution in [-0.4, -0.2) is 65.6 Å². The van der Waals surface area contributed by atoms with Crippen molar-refractivity contribution in [3.63, 3.8) is 0 Å². The molecular formula is C21H23NO6. The van der Waals surface area contributed by atoms with Gasteiger partial charge in [0.2, 0.25) is 0 Å². The molecule has 5 aliphatic rings. The van der Waals surface area contributed by atoms with Crippen LogP contribution in [0.15, 0.2) is 24.0 Å². The van der Waals surface area contributed by atoms with Crippen molar-refractivity contribution in [2.45, 2.75) is 54.4 Å². The number of aliphatic hydroxyl groups excluding tert-OH is 1. The van der Waals surface area contributed by atoms with Gasteiger partial charge in [-0.1, -0.05) is 6.07 Å². The summed E-state index contributed by atoms with van der Waals surface area (Å²) in [5.41, 5.74) is 0.448. The third-order valence-electron chi connectivity index (χ3n) is 7.75. The van der Waals surface area contributed by atoms with E-state index < -0.39 is 29.2 Å². The average molecular weight is 385 g/mol. The summed E-state index contributed by atoms with van der Waals surface area (Å²) >= 11 is 0. The van der Waals surface area contributed by atoms with Gasteiger partial charge in [0, 0.05) is 23.9 Å². The van der Waals surface area contributed by atoms with Crippen LogP contribution < -0.4 is 9.47 Å². The summed E-state index contributed by atoms with van der Waals surface area (Å²) in [5, 5.41) is 21.6. The van der Waals surface area contributed by atoms with Gasteiger partial charge in [-0.25, -0.2) is 4.79 Å². The lowest BCUT2D eigenvalue weighted by Gasteiger charge is -2.60. The highest BCUT2D eigenvalue weighted by atomic mass is 16.6. The number of fused-ring (bicyclic) bond motifs is 1. The molecule has 2 N–H and O–H groups in total. The molecule has 2 heterocycles. The number of carbonyl (C=O) groups excluding carboxylic acids is 1. The first kappa shape index (κ1) is 16.8. The zero-order valence-corrected chi connectivity index (χ0v) is 16.1. The van der Waals surface area contributed by atoms with E-state index in [1.807, 2.05) is 13.1 Å². The summed E-state index contributed by atoms with van der Waals surface area (Å²) in [6.07, 6.45) is 1.05. The molecule has 1 saturated carbocycles. The molecule has 0 radical (unpaired) electrons. The number of carbonyl (C=O) groups is 1. The molecule has 2 fully saturated rings. The van der Waals surface area contributed by atoms with Crippen molar-refractivity contribution < 1.29 is 29.2 Å². The topological polar surface area (TPSA) is 88.5 Å². The molecule has 2 bridgehead atoms. The van der Waals surface area contributed by atoms with Crippen molar-refractivity contribution in [3.8, 4) is 11.5 Å². The second-order valence-electron chi connectivity index (χ2n) is 8.97. The van der Waals surface area contributed by atoms with Crippen LogP contribution in [0.5, 0.6) is 11.5 Å². The molecule has 6 rings (SSSR count). The fraction of sp³-hybridized carbons (Fsp3) is 0.571. The van der Waals surface area contributed by atoms with Crippen LogP contribution in [-0.2, 0) is 20.4 Å². The van der Waals surface area contributed by atoms with Gasteiger partial charge < -0.3 is 24.4 Å². The SMILES string of the molecule is COc1ccc2c3c1O[C@@H]1C(OC(=O)[C@H](C)O)=CC[C@@]4(O)[C@@H]5N(C)CC25CC314. The van der Waals surface area contributed by atoms with Crippen LogP contribution in [0.25, 0.3) is 0 Å². The summed E-state index contributed by atoms with van der Waals surface area (Å²) in [5.74, 6) is 0.930. The van der Waals surface area contributed by atoms with Crippen LogP contribution in [0.2, 0.25) is 0 Å². The number of likely N-dealkylation sites (tertiary alicyclic amines) is 1. The number of nitrogens with zero attached hydrogens (tertiary/aromatic N) is 1. The molecule has 1 saturated heterocycles. The van der Waals surface area contributed by atoms with Gasteiger partial charge in [0.05, 0.1) is 24.2 Å². The molecule has 2 unspecified atom stereocenters. The first-order chi connectivity index (χ1) is 13.3. The highest BCUT2D eigenvalue weighted by molar-refractivity contribution is 5.76. The third kappa shape index (κ3) is 1.45. The molecular weight excluding hydrogens is 362 g/mol. The second-order valence-corrected chi connectivity index (χ2v) is 8.97. The molecule has 0 amide bonds. The number of esters is 1. The summed E-state index contributed by atoms with van der Waals surface area (Å²) in [4.78, 5) is 14.3. The van der Waals surface area contributed by atoms with E-state index in [2.05, 4.69) is 11.0 Å². The smallest absolute Gasteiger partial charge is 0.339 e. The zero-order chi connectivity index (χ0) is 19.6. The molecule has 7 heteroatoms. The average Bonchev–Trinajstić information content (AvgIpc) is 3.20. The molecule has 2 aliphatic heterocycles. The van der Waals surface area contributed by atoms with E-state index in [1.54, 1.807) is 13.2 Å². The van der Waals surface area contributed by atoms with Gasteiger partial charge in [-0.2, -0.15) is 0 Å². The molecule has 7 nitrogen and oxygen atoms in total. The summed E-state index contributed by atoms with van der Waals surface area (Å²) < 4.78 is 17.4. The number of hydrogen-bond acceptors (Lipinski definition) is 7. The Morgan fingerprint density at radius 1 is 1.43 bits per heavy atom. The third-order valence-corrected chi connectivity index (χ3v) is 7.75. The lowest BCUT2D eigenvalue weighted by atomic mass is 9.56. The van der Waals surface area contributed by atoms with Gasteiger partial charge in [-0.3, -0.25) is 4.90 Å². The number of aliphatic hydroxyl groups is 2. The molecule has 6 atom stereocenters. The normalized spacial score (nSPS) is 42.1. The molecule has 3 aliphatic carbocycles. The van der Waals surface area contributed by atoms with Gasteiger partial charge in [0.1, 0.15) is 11.9 Å². The molecule has 28 heavy (non-hydrogen) atoms. The Morgan fingerprint density at radius 2 is 2.21 bits per heavy atom. The van der Waals surface area contributed by atoms with E-state index in [1.165, 1.54) is 12.5 Å². The van der Waals surface area contributed by atoms with Crippen LogP contribution in [0.3, 0.4) is 0 Å². The minimum atomic E-state index is -1.23. The van der Waals surface area contributed by atoms with E-state index in [4.69, 9.17) is 14.2 Å². The van der Waals surface area contributed by atoms with Crippen LogP contribution >= 0.6 is 0 Å². The van der Waals surface area contributed by atoms with Crippen molar-refractivity contribution in [1.29, 1.82) is 0 Å². The van der Waals surface area contributed by atoms with Crippen molar-refractivity contribution in [1.82, 2.24) is 4.90 Å². The van der Waals surface area contributed by atoms with E-state index in [0.717, 1.165) is 18.5 Å². The summed E-state index contributed by atoms with van der Waals surface area (Å²) in [7, 11) is 3.65. The maximum atomic E-state index is 12.1. The largest absolute Gasteiger partial charge is 0.493 e. The Hall–Kier alpha value is -2.09. The quantitative estimate of drug-likeness (QED) is 0.737. The number of ether oxygens (including phenoxy) is 3. The second kappa shape index (κ2) is 4.72. The Bertz CT molecular complexity index is 972. The highest BCUT2D eigenvalue weighted by Gasteiger charge is 2.85. The number of hydrogen-bond donors (Lipinski definition) is 2. The van der Waals surface area contributed by atoms with Gasteiger partial charge in [0.15, 0.2) is 17.6 Å². The molecule has 0 aromatic heterocycles. The van der Waals surface area contributed by atoms with E-state index in [0.29, 0.717) is 23.7 Å². The Morgan fingerprint density at radius 3 is 2.89 bits per heavy atom. The summed E-state index contributed by atoms with van der Waals surface area (Å²) in [6.45, 7) is 2.26. The zero-order valence-electron chi connectivity index (χ0n) is 16.1.